The predicted molar refractivity (Wildman–Crippen MR) is 69.4 cm³/mol. The molecule has 2 rings (SSSR count). The van der Waals surface area contributed by atoms with Crippen LogP contribution in [0.15, 0.2) is 18.2 Å². The summed E-state index contributed by atoms with van der Waals surface area (Å²) in [6.45, 7) is 2.75. The van der Waals surface area contributed by atoms with E-state index in [1.807, 2.05) is 13.0 Å². The second-order valence-corrected chi connectivity index (χ2v) is 5.51. The van der Waals surface area contributed by atoms with Crippen LogP contribution >= 0.6 is 0 Å². The maximum absolute atomic E-state index is 13.1. The van der Waals surface area contributed by atoms with E-state index >= 15 is 0 Å². The summed E-state index contributed by atoms with van der Waals surface area (Å²) in [6, 6.07) is 5.12. The molecule has 1 aliphatic carbocycles. The molecule has 1 aliphatic rings. The lowest BCUT2D eigenvalue weighted by Crippen LogP contribution is -2.35. The molecule has 1 saturated carbocycles. The maximum Gasteiger partial charge on any atom is 0.123 e. The number of hydrogen-bond donors (Lipinski definition) is 1. The van der Waals surface area contributed by atoms with E-state index in [1.54, 1.807) is 12.1 Å². The third kappa shape index (κ3) is 2.86. The molecule has 0 amide bonds. The Labute approximate surface area is 103 Å². The minimum absolute atomic E-state index is 0.142. The first-order valence-corrected chi connectivity index (χ1v) is 6.60. The zero-order chi connectivity index (χ0) is 12.3. The molecule has 2 N–H and O–H groups in total. The monoisotopic (exact) mass is 235 g/mol. The van der Waals surface area contributed by atoms with Crippen molar-refractivity contribution in [2.45, 2.75) is 45.4 Å². The van der Waals surface area contributed by atoms with E-state index in [1.165, 1.54) is 37.7 Å². The molecule has 1 nitrogen and oxygen atoms in total. The van der Waals surface area contributed by atoms with Crippen molar-refractivity contribution in [2.24, 2.45) is 11.1 Å². The Bertz CT molecular complexity index is 381. The first-order valence-electron chi connectivity index (χ1n) is 6.60. The second-order valence-electron chi connectivity index (χ2n) is 5.51. The molecule has 94 valence electrons. The van der Waals surface area contributed by atoms with E-state index in [2.05, 4.69) is 0 Å². The Morgan fingerprint density at radius 3 is 2.53 bits per heavy atom. The van der Waals surface area contributed by atoms with E-state index in [9.17, 15) is 4.39 Å². The zero-order valence-corrected chi connectivity index (χ0v) is 10.6. The van der Waals surface area contributed by atoms with Gasteiger partial charge < -0.3 is 5.73 Å². The third-order valence-corrected chi connectivity index (χ3v) is 4.22. The number of benzene rings is 1. The van der Waals surface area contributed by atoms with E-state index in [0.717, 1.165) is 18.5 Å². The van der Waals surface area contributed by atoms with Gasteiger partial charge in [0.05, 0.1) is 0 Å². The van der Waals surface area contributed by atoms with Gasteiger partial charge in [-0.2, -0.15) is 0 Å². The Balaban J connectivity index is 2.17. The van der Waals surface area contributed by atoms with Crippen LogP contribution in [0, 0.1) is 18.2 Å². The average Bonchev–Trinajstić information content (AvgIpc) is 2.34. The van der Waals surface area contributed by atoms with Crippen LogP contribution in [-0.4, -0.2) is 6.54 Å². The Hall–Kier alpha value is -0.890. The summed E-state index contributed by atoms with van der Waals surface area (Å²) in [6.07, 6.45) is 7.37. The van der Waals surface area contributed by atoms with Gasteiger partial charge in [-0.15, -0.1) is 0 Å². The van der Waals surface area contributed by atoms with Gasteiger partial charge >= 0.3 is 0 Å². The van der Waals surface area contributed by atoms with Crippen LogP contribution < -0.4 is 5.73 Å². The van der Waals surface area contributed by atoms with Crippen LogP contribution in [0.4, 0.5) is 4.39 Å². The molecule has 17 heavy (non-hydrogen) atoms. The summed E-state index contributed by atoms with van der Waals surface area (Å²) in [5, 5.41) is 0. The molecule has 1 aromatic carbocycles. The second kappa shape index (κ2) is 5.18. The molecule has 0 aliphatic heterocycles. The summed E-state index contributed by atoms with van der Waals surface area (Å²) in [7, 11) is 0. The highest BCUT2D eigenvalue weighted by Crippen LogP contribution is 2.38. The number of hydrogen-bond acceptors (Lipinski definition) is 1. The molecule has 0 bridgehead atoms. The first kappa shape index (κ1) is 12.6. The van der Waals surface area contributed by atoms with Crippen molar-refractivity contribution in [2.75, 3.05) is 6.54 Å². The zero-order valence-electron chi connectivity index (χ0n) is 10.6. The molecule has 0 unspecified atom stereocenters. The fourth-order valence-electron chi connectivity index (χ4n) is 3.02. The van der Waals surface area contributed by atoms with E-state index < -0.39 is 0 Å². The van der Waals surface area contributed by atoms with Crippen molar-refractivity contribution in [1.29, 1.82) is 0 Å². The van der Waals surface area contributed by atoms with Crippen LogP contribution in [0.5, 0.6) is 0 Å². The van der Waals surface area contributed by atoms with Gasteiger partial charge in [0, 0.05) is 0 Å². The highest BCUT2D eigenvalue weighted by Gasteiger charge is 2.31. The molecule has 0 spiro atoms. The van der Waals surface area contributed by atoms with Crippen molar-refractivity contribution >= 4 is 0 Å². The molecule has 0 saturated heterocycles. The van der Waals surface area contributed by atoms with Crippen LogP contribution in [-0.2, 0) is 6.42 Å². The van der Waals surface area contributed by atoms with Crippen molar-refractivity contribution in [3.05, 3.63) is 35.1 Å². The van der Waals surface area contributed by atoms with Crippen LogP contribution in [0.25, 0.3) is 0 Å². The van der Waals surface area contributed by atoms with Crippen LogP contribution in [0.2, 0.25) is 0 Å². The SMILES string of the molecule is Cc1cc(F)ccc1CC1(CN)CCCCC1. The van der Waals surface area contributed by atoms with E-state index in [0.29, 0.717) is 0 Å². The average molecular weight is 235 g/mol. The molecular weight excluding hydrogens is 213 g/mol. The number of aryl methyl sites for hydroxylation is 1. The summed E-state index contributed by atoms with van der Waals surface area (Å²) in [5.41, 5.74) is 8.58. The number of nitrogens with two attached hydrogens (primary N) is 1. The lowest BCUT2D eigenvalue weighted by Gasteiger charge is -2.36. The van der Waals surface area contributed by atoms with Gasteiger partial charge in [-0.25, -0.2) is 4.39 Å². The molecule has 0 heterocycles. The molecule has 0 aromatic heterocycles. The molecule has 1 fully saturated rings. The molecule has 0 radical (unpaired) electrons. The lowest BCUT2D eigenvalue weighted by molar-refractivity contribution is 0.197. The minimum Gasteiger partial charge on any atom is -0.330 e. The highest BCUT2D eigenvalue weighted by molar-refractivity contribution is 5.27. The lowest BCUT2D eigenvalue weighted by atomic mass is 9.70. The minimum atomic E-state index is -0.142. The van der Waals surface area contributed by atoms with Gasteiger partial charge in [-0.05, 0) is 61.4 Å². The summed E-state index contributed by atoms with van der Waals surface area (Å²) < 4.78 is 13.1. The van der Waals surface area contributed by atoms with Gasteiger partial charge in [0.2, 0.25) is 0 Å². The Morgan fingerprint density at radius 2 is 1.94 bits per heavy atom. The number of halogens is 1. The fraction of sp³-hybridized carbons (Fsp3) is 0.600. The summed E-state index contributed by atoms with van der Waals surface area (Å²) in [4.78, 5) is 0. The Kier molecular flexibility index (Phi) is 3.82. The van der Waals surface area contributed by atoms with E-state index in [-0.39, 0.29) is 11.2 Å². The van der Waals surface area contributed by atoms with E-state index in [4.69, 9.17) is 5.73 Å². The summed E-state index contributed by atoms with van der Waals surface area (Å²) >= 11 is 0. The largest absolute Gasteiger partial charge is 0.330 e. The van der Waals surface area contributed by atoms with Crippen molar-refractivity contribution in [1.82, 2.24) is 0 Å². The molecule has 1 aromatic rings. The maximum atomic E-state index is 13.1. The molecule has 2 heteroatoms. The first-order chi connectivity index (χ1) is 8.15. The van der Waals surface area contributed by atoms with Gasteiger partial charge in [0.1, 0.15) is 5.82 Å². The topological polar surface area (TPSA) is 26.0 Å². The van der Waals surface area contributed by atoms with Gasteiger partial charge in [-0.1, -0.05) is 25.3 Å². The molecular formula is C15H22FN. The van der Waals surface area contributed by atoms with Crippen LogP contribution in [0.3, 0.4) is 0 Å². The van der Waals surface area contributed by atoms with Gasteiger partial charge in [0.15, 0.2) is 0 Å². The molecule has 0 atom stereocenters. The fourth-order valence-corrected chi connectivity index (χ4v) is 3.02. The Morgan fingerprint density at radius 1 is 1.24 bits per heavy atom. The summed E-state index contributed by atoms with van der Waals surface area (Å²) in [5.74, 6) is -0.142. The smallest absolute Gasteiger partial charge is 0.123 e. The predicted octanol–water partition coefficient (Wildman–Crippen LogP) is 3.59. The van der Waals surface area contributed by atoms with Gasteiger partial charge in [0.25, 0.3) is 0 Å². The highest BCUT2D eigenvalue weighted by atomic mass is 19.1. The standard InChI is InChI=1S/C15H22FN/c1-12-9-14(16)6-5-13(12)10-15(11-17)7-3-2-4-8-15/h5-6,9H,2-4,7-8,10-11,17H2,1H3. The van der Waals surface area contributed by atoms with Crippen molar-refractivity contribution < 1.29 is 4.39 Å². The normalized spacial score (nSPS) is 19.2. The van der Waals surface area contributed by atoms with Gasteiger partial charge in [-0.3, -0.25) is 0 Å². The third-order valence-electron chi connectivity index (χ3n) is 4.22. The van der Waals surface area contributed by atoms with Crippen molar-refractivity contribution in [3.8, 4) is 0 Å². The van der Waals surface area contributed by atoms with Crippen LogP contribution in [0.1, 0.15) is 43.2 Å². The van der Waals surface area contributed by atoms with Crippen molar-refractivity contribution in [3.63, 3.8) is 0 Å². The number of rotatable bonds is 3. The quantitative estimate of drug-likeness (QED) is 0.851.